The summed E-state index contributed by atoms with van der Waals surface area (Å²) in [4.78, 5) is 8.29. The molecule has 48 valence electrons. The van der Waals surface area contributed by atoms with E-state index in [0.29, 0.717) is 0 Å². The van der Waals surface area contributed by atoms with Gasteiger partial charge in [0.15, 0.2) is 0 Å². The number of benzene rings is 1. The van der Waals surface area contributed by atoms with E-state index in [4.69, 9.17) is 0 Å². The van der Waals surface area contributed by atoms with Crippen molar-refractivity contribution in [2.75, 3.05) is 0 Å². The molecule has 0 saturated carbocycles. The van der Waals surface area contributed by atoms with Gasteiger partial charge in [-0.3, -0.25) is 0 Å². The zero-order chi connectivity index (χ0) is 6.97. The quantitative estimate of drug-likeness (QED) is 0.484. The molecular weight excluding hydrogens is 191 g/mol. The summed E-state index contributed by atoms with van der Waals surface area (Å²) in [5.74, 6) is 0. The molecule has 3 heteroatoms. The van der Waals surface area contributed by atoms with Crippen molar-refractivity contribution in [1.82, 2.24) is 0 Å². The van der Waals surface area contributed by atoms with Gasteiger partial charge in [-0.05, 0) is 0 Å². The Hall–Kier alpha value is -0.791. The van der Waals surface area contributed by atoms with Crippen LogP contribution in [0.5, 0.6) is 0 Å². The van der Waals surface area contributed by atoms with E-state index < -0.39 is 0 Å². The maximum atomic E-state index is 4.15. The number of nitrogens with zero attached hydrogens (tertiary/aromatic N) is 2. The fourth-order valence-electron chi connectivity index (χ4n) is 0.884. The number of hydrogen-bond donors (Lipinski definition) is 0. The Bertz CT molecular complexity index is 357. The van der Waals surface area contributed by atoms with Gasteiger partial charge in [-0.2, -0.15) is 0 Å². The molecule has 1 aliphatic rings. The molecule has 1 aromatic rings. The van der Waals surface area contributed by atoms with Crippen molar-refractivity contribution in [3.63, 3.8) is 0 Å². The normalized spacial score (nSPS) is 13.8. The molecule has 0 aliphatic carbocycles. The Morgan fingerprint density at radius 3 is 2.00 bits per heavy atom. The third-order valence-electron chi connectivity index (χ3n) is 1.31. The molecule has 0 unspecified atom stereocenters. The molecule has 2 nitrogen and oxygen atoms in total. The minimum absolute atomic E-state index is 0.723. The summed E-state index contributed by atoms with van der Waals surface area (Å²) < 4.78 is 0.723. The van der Waals surface area contributed by atoms with Gasteiger partial charge in [0.05, 0.1) is 0 Å². The molecule has 10 heavy (non-hydrogen) atoms. The molecule has 1 heterocycles. The third-order valence-corrected chi connectivity index (χ3v) is 1.70. The van der Waals surface area contributed by atoms with Crippen LogP contribution in [-0.2, 0) is 0 Å². The third kappa shape index (κ3) is 0.838. The summed E-state index contributed by atoms with van der Waals surface area (Å²) in [7, 11) is 0. The molecule has 0 bridgehead atoms. The second kappa shape index (κ2) is 2.11. The summed E-state index contributed by atoms with van der Waals surface area (Å²) in [6.07, 6.45) is 0. The Morgan fingerprint density at radius 2 is 1.50 bits per heavy atom. The zero-order valence-corrected chi connectivity index (χ0v) is 6.83. The van der Waals surface area contributed by atoms with Gasteiger partial charge in [-0.15, -0.1) is 0 Å². The molecule has 1 aromatic carbocycles. The number of fused-ring (bicyclic) bond motifs is 1. The average molecular weight is 195 g/mol. The summed E-state index contributed by atoms with van der Waals surface area (Å²) in [5, 5.41) is 1.91. The standard InChI is InChI=1S/C7H4N2Se/c10-7-8-5-3-1-2-4-6(5)9-7/h1-4H. The summed E-state index contributed by atoms with van der Waals surface area (Å²) in [5.41, 5.74) is 0. The molecule has 1 aliphatic heterocycles. The molecule has 0 amide bonds. The van der Waals surface area contributed by atoms with E-state index in [1.165, 1.54) is 0 Å². The Balaban J connectivity index is 2.96. The van der Waals surface area contributed by atoms with Crippen LogP contribution in [-0.4, -0.2) is 20.2 Å². The molecule has 0 N–H and O–H groups in total. The predicted molar refractivity (Wildman–Crippen MR) is 39.5 cm³/mol. The van der Waals surface area contributed by atoms with Gasteiger partial charge >= 0.3 is 65.2 Å². The molecular formula is C7H4N2Se. The predicted octanol–water partition coefficient (Wildman–Crippen LogP) is -0.805. The van der Waals surface area contributed by atoms with Crippen LogP contribution in [0.3, 0.4) is 0 Å². The fourth-order valence-corrected chi connectivity index (χ4v) is 1.30. The van der Waals surface area contributed by atoms with Gasteiger partial charge in [-0.1, -0.05) is 0 Å². The number of para-hydroxylation sites is 2. The average Bonchev–Trinajstić information content (AvgIpc) is 2.27. The first-order valence-electron chi connectivity index (χ1n) is 2.93. The van der Waals surface area contributed by atoms with Crippen LogP contribution in [0.25, 0.3) is 0 Å². The molecule has 0 spiro atoms. The van der Waals surface area contributed by atoms with Crippen LogP contribution in [0.1, 0.15) is 0 Å². The van der Waals surface area contributed by atoms with Crippen molar-refractivity contribution in [3.8, 4) is 0 Å². The van der Waals surface area contributed by atoms with Crippen LogP contribution in [0, 0.1) is 0 Å². The van der Waals surface area contributed by atoms with Gasteiger partial charge in [0.2, 0.25) is 0 Å². The van der Waals surface area contributed by atoms with Crippen LogP contribution >= 0.6 is 0 Å². The van der Waals surface area contributed by atoms with Crippen molar-refractivity contribution in [3.05, 3.63) is 35.0 Å². The van der Waals surface area contributed by atoms with Crippen molar-refractivity contribution < 1.29 is 0 Å². The first-order valence-corrected chi connectivity index (χ1v) is 3.78. The van der Waals surface area contributed by atoms with E-state index in [-0.39, 0.29) is 0 Å². The number of rotatable bonds is 0. The van der Waals surface area contributed by atoms with Crippen LogP contribution < -0.4 is 10.7 Å². The summed E-state index contributed by atoms with van der Waals surface area (Å²) >= 11 is 2.77. The first-order chi connectivity index (χ1) is 4.86. The van der Waals surface area contributed by atoms with Gasteiger partial charge in [0.25, 0.3) is 0 Å². The Kier molecular flexibility index (Phi) is 1.26. The second-order valence-electron chi connectivity index (χ2n) is 1.99. The van der Waals surface area contributed by atoms with E-state index in [9.17, 15) is 0 Å². The van der Waals surface area contributed by atoms with Gasteiger partial charge in [0.1, 0.15) is 0 Å². The van der Waals surface area contributed by atoms with E-state index in [0.717, 1.165) is 15.4 Å². The molecule has 0 atom stereocenters. The van der Waals surface area contributed by atoms with E-state index in [1.807, 2.05) is 24.3 Å². The monoisotopic (exact) mass is 196 g/mol. The zero-order valence-electron chi connectivity index (χ0n) is 5.11. The fraction of sp³-hybridized carbons (Fsp3) is 0. The van der Waals surface area contributed by atoms with Gasteiger partial charge < -0.3 is 0 Å². The molecule has 0 aromatic heterocycles. The topological polar surface area (TPSA) is 24.7 Å². The molecule has 0 saturated heterocycles. The Labute approximate surface area is 65.7 Å². The van der Waals surface area contributed by atoms with Crippen LogP contribution in [0.2, 0.25) is 0 Å². The van der Waals surface area contributed by atoms with E-state index in [1.54, 1.807) is 0 Å². The van der Waals surface area contributed by atoms with E-state index >= 15 is 0 Å². The van der Waals surface area contributed by atoms with Crippen molar-refractivity contribution in [2.24, 2.45) is 9.98 Å². The van der Waals surface area contributed by atoms with Crippen LogP contribution in [0.15, 0.2) is 34.3 Å². The molecule has 2 rings (SSSR count). The van der Waals surface area contributed by atoms with Crippen molar-refractivity contribution >= 4 is 20.2 Å². The Morgan fingerprint density at radius 1 is 1.00 bits per heavy atom. The summed E-state index contributed by atoms with van der Waals surface area (Å²) in [6, 6.07) is 7.80. The van der Waals surface area contributed by atoms with Crippen molar-refractivity contribution in [1.29, 1.82) is 0 Å². The maximum absolute atomic E-state index is 4.15. The van der Waals surface area contributed by atoms with Crippen molar-refractivity contribution in [2.45, 2.75) is 0 Å². The molecule has 0 fully saturated rings. The minimum atomic E-state index is 0.723. The SMILES string of the molecule is [Se]=C1N=c2ccccc2=N1. The second-order valence-corrected chi connectivity index (χ2v) is 2.76. The first kappa shape index (κ1) is 5.95. The molecule has 0 radical (unpaired) electrons. The van der Waals surface area contributed by atoms with Gasteiger partial charge in [-0.25, -0.2) is 0 Å². The van der Waals surface area contributed by atoms with E-state index in [2.05, 4.69) is 25.6 Å². The van der Waals surface area contributed by atoms with Gasteiger partial charge in [0, 0.05) is 0 Å². The van der Waals surface area contributed by atoms with Crippen LogP contribution in [0.4, 0.5) is 0 Å². The number of hydrogen-bond acceptors (Lipinski definition) is 2. The summed E-state index contributed by atoms with van der Waals surface area (Å²) in [6.45, 7) is 0.